The molecule has 0 amide bonds. The van der Waals surface area contributed by atoms with Crippen LogP contribution in [0.15, 0.2) is 10.3 Å². The maximum absolute atomic E-state index is 12.6. The molecule has 106 valence electrons. The maximum atomic E-state index is 12.6. The van der Waals surface area contributed by atoms with E-state index in [4.69, 9.17) is 5.11 Å². The maximum Gasteiger partial charge on any atom is 0.346 e. The second kappa shape index (κ2) is 4.57. The molecule has 0 saturated carbocycles. The lowest BCUT2D eigenvalue weighted by Crippen LogP contribution is -2.42. The van der Waals surface area contributed by atoms with Crippen LogP contribution < -0.4 is 0 Å². The summed E-state index contributed by atoms with van der Waals surface area (Å²) >= 11 is 0.833. The third kappa shape index (κ3) is 2.42. The van der Waals surface area contributed by atoms with Gasteiger partial charge in [-0.3, -0.25) is 0 Å². The molecule has 2 heterocycles. The second-order valence-corrected chi connectivity index (χ2v) is 8.52. The quantitative estimate of drug-likeness (QED) is 0.930. The average Bonchev–Trinajstić information content (AvgIpc) is 2.81. The summed E-state index contributed by atoms with van der Waals surface area (Å²) < 4.78 is 26.8. The molecule has 7 heteroatoms. The third-order valence-corrected chi connectivity index (χ3v) is 7.24. The molecule has 0 bridgehead atoms. The molecular formula is C12H17NO4S2. The highest BCUT2D eigenvalue weighted by molar-refractivity contribution is 7.91. The van der Waals surface area contributed by atoms with E-state index in [1.807, 2.05) is 13.8 Å². The number of rotatable bonds is 3. The molecule has 0 spiro atoms. The van der Waals surface area contributed by atoms with Crippen molar-refractivity contribution in [2.24, 2.45) is 0 Å². The van der Waals surface area contributed by atoms with E-state index in [0.29, 0.717) is 12.1 Å². The van der Waals surface area contributed by atoms with E-state index in [1.165, 1.54) is 10.4 Å². The molecule has 19 heavy (non-hydrogen) atoms. The van der Waals surface area contributed by atoms with Gasteiger partial charge >= 0.3 is 5.97 Å². The predicted octanol–water partition coefficient (Wildman–Crippen LogP) is 2.32. The van der Waals surface area contributed by atoms with E-state index < -0.39 is 21.5 Å². The Labute approximate surface area is 116 Å². The molecule has 0 aliphatic carbocycles. The van der Waals surface area contributed by atoms with Crippen LogP contribution in [0.25, 0.3) is 0 Å². The molecule has 0 unspecified atom stereocenters. The molecule has 0 aromatic carbocycles. The van der Waals surface area contributed by atoms with Crippen LogP contribution in [0.3, 0.4) is 0 Å². The van der Waals surface area contributed by atoms with Crippen LogP contribution in [0.2, 0.25) is 0 Å². The first-order valence-corrected chi connectivity index (χ1v) is 8.28. The van der Waals surface area contributed by atoms with Crippen LogP contribution in [0.4, 0.5) is 0 Å². The van der Waals surface area contributed by atoms with Gasteiger partial charge in [0.15, 0.2) is 0 Å². The molecule has 1 aliphatic heterocycles. The second-order valence-electron chi connectivity index (χ2n) is 5.38. The number of aryl methyl sites for hydroxylation is 1. The summed E-state index contributed by atoms with van der Waals surface area (Å²) in [6, 6.07) is 1.46. The van der Waals surface area contributed by atoms with E-state index in [2.05, 4.69) is 0 Å². The van der Waals surface area contributed by atoms with Gasteiger partial charge in [0.25, 0.3) is 10.0 Å². The van der Waals surface area contributed by atoms with Crippen LogP contribution in [0, 0.1) is 6.92 Å². The number of thiophene rings is 1. The van der Waals surface area contributed by atoms with Crippen LogP contribution in [-0.4, -0.2) is 35.9 Å². The van der Waals surface area contributed by atoms with Crippen molar-refractivity contribution in [2.75, 3.05) is 6.54 Å². The summed E-state index contributed by atoms with van der Waals surface area (Å²) in [6.07, 6.45) is 1.66. The number of carboxylic acids is 1. The van der Waals surface area contributed by atoms with Gasteiger partial charge < -0.3 is 5.11 Å². The molecule has 1 saturated heterocycles. The summed E-state index contributed by atoms with van der Waals surface area (Å²) in [6.45, 7) is 5.91. The van der Waals surface area contributed by atoms with E-state index in [0.717, 1.165) is 24.2 Å². The molecule has 1 aliphatic rings. The molecule has 0 radical (unpaired) electrons. The van der Waals surface area contributed by atoms with Gasteiger partial charge in [-0.25, -0.2) is 13.2 Å². The van der Waals surface area contributed by atoms with Crippen molar-refractivity contribution in [2.45, 2.75) is 43.4 Å². The van der Waals surface area contributed by atoms with Crippen molar-refractivity contribution in [3.8, 4) is 0 Å². The summed E-state index contributed by atoms with van der Waals surface area (Å²) in [5.41, 5.74) is 0.0909. The first-order valence-electron chi connectivity index (χ1n) is 6.03. The fourth-order valence-electron chi connectivity index (χ4n) is 2.43. The van der Waals surface area contributed by atoms with Crippen LogP contribution in [0.1, 0.15) is 41.9 Å². The Morgan fingerprint density at radius 3 is 2.53 bits per heavy atom. The normalized spacial score (nSPS) is 19.7. The Bertz CT molecular complexity index is 616. The van der Waals surface area contributed by atoms with Crippen molar-refractivity contribution in [1.82, 2.24) is 4.31 Å². The first-order chi connectivity index (χ1) is 8.66. The van der Waals surface area contributed by atoms with E-state index in [1.54, 1.807) is 6.92 Å². The Balaban J connectivity index is 2.46. The third-order valence-electron chi connectivity index (χ3n) is 3.46. The molecule has 1 fully saturated rings. The molecule has 1 aromatic rings. The number of nitrogens with zero attached hydrogens (tertiary/aromatic N) is 1. The number of carbonyl (C=O) groups is 1. The Morgan fingerprint density at radius 1 is 1.47 bits per heavy atom. The predicted molar refractivity (Wildman–Crippen MR) is 73.2 cm³/mol. The molecule has 1 N–H and O–H groups in total. The van der Waals surface area contributed by atoms with Crippen LogP contribution >= 0.6 is 11.3 Å². The van der Waals surface area contributed by atoms with Gasteiger partial charge in [0.05, 0.1) is 0 Å². The highest BCUT2D eigenvalue weighted by Crippen LogP contribution is 2.36. The van der Waals surface area contributed by atoms with Gasteiger partial charge in [0.2, 0.25) is 0 Å². The van der Waals surface area contributed by atoms with Gasteiger partial charge in [-0.05, 0) is 45.2 Å². The minimum absolute atomic E-state index is 0.0931. The summed E-state index contributed by atoms with van der Waals surface area (Å²) in [5, 5.41) is 9.01. The topological polar surface area (TPSA) is 74.7 Å². The lowest BCUT2D eigenvalue weighted by molar-refractivity contribution is 0.0701. The van der Waals surface area contributed by atoms with E-state index in [9.17, 15) is 13.2 Å². The number of carboxylic acid groups (broad SMARTS) is 1. The number of sulfonamides is 1. The van der Waals surface area contributed by atoms with Gasteiger partial charge in [0.1, 0.15) is 9.09 Å². The first kappa shape index (κ1) is 14.5. The van der Waals surface area contributed by atoms with Gasteiger partial charge in [-0.15, -0.1) is 11.3 Å². The molecular weight excluding hydrogens is 286 g/mol. The van der Waals surface area contributed by atoms with E-state index in [-0.39, 0.29) is 9.09 Å². The minimum atomic E-state index is -3.59. The van der Waals surface area contributed by atoms with Crippen molar-refractivity contribution < 1.29 is 18.3 Å². The molecule has 5 nitrogen and oxygen atoms in total. The zero-order valence-electron chi connectivity index (χ0n) is 11.1. The number of hydrogen-bond donors (Lipinski definition) is 1. The summed E-state index contributed by atoms with van der Waals surface area (Å²) in [7, 11) is -3.59. The number of hydrogen-bond acceptors (Lipinski definition) is 4. The Hall–Kier alpha value is -0.920. The Kier molecular flexibility index (Phi) is 3.49. The molecule has 2 rings (SSSR count). The zero-order chi connectivity index (χ0) is 14.4. The average molecular weight is 303 g/mol. The SMILES string of the molecule is Cc1cc(S(=O)(=O)N2CCCC2(C)C)sc1C(=O)O. The number of aromatic carboxylic acids is 1. The highest BCUT2D eigenvalue weighted by atomic mass is 32.2. The van der Waals surface area contributed by atoms with Crippen LogP contribution in [-0.2, 0) is 10.0 Å². The van der Waals surface area contributed by atoms with Crippen molar-refractivity contribution in [3.05, 3.63) is 16.5 Å². The summed E-state index contributed by atoms with van der Waals surface area (Å²) in [5.74, 6) is -1.08. The summed E-state index contributed by atoms with van der Waals surface area (Å²) in [4.78, 5) is 11.1. The fourth-order valence-corrected chi connectivity index (χ4v) is 5.77. The van der Waals surface area contributed by atoms with Crippen LogP contribution in [0.5, 0.6) is 0 Å². The van der Waals surface area contributed by atoms with Gasteiger partial charge in [-0.1, -0.05) is 0 Å². The fraction of sp³-hybridized carbons (Fsp3) is 0.583. The minimum Gasteiger partial charge on any atom is -0.477 e. The zero-order valence-corrected chi connectivity index (χ0v) is 12.8. The lowest BCUT2D eigenvalue weighted by atomic mass is 10.0. The van der Waals surface area contributed by atoms with E-state index >= 15 is 0 Å². The van der Waals surface area contributed by atoms with Crippen molar-refractivity contribution in [1.29, 1.82) is 0 Å². The Morgan fingerprint density at radius 2 is 2.11 bits per heavy atom. The van der Waals surface area contributed by atoms with Gasteiger partial charge in [0, 0.05) is 12.1 Å². The van der Waals surface area contributed by atoms with Crippen molar-refractivity contribution >= 4 is 27.3 Å². The van der Waals surface area contributed by atoms with Gasteiger partial charge in [-0.2, -0.15) is 4.31 Å². The monoisotopic (exact) mass is 303 g/mol. The smallest absolute Gasteiger partial charge is 0.346 e. The largest absolute Gasteiger partial charge is 0.477 e. The molecule has 0 atom stereocenters. The van der Waals surface area contributed by atoms with Crippen molar-refractivity contribution in [3.63, 3.8) is 0 Å². The lowest BCUT2D eigenvalue weighted by Gasteiger charge is -2.29. The highest BCUT2D eigenvalue weighted by Gasteiger charge is 2.41. The standard InChI is InChI=1S/C12H17NO4S2/c1-8-7-9(18-10(8)11(14)15)19(16,17)13-6-4-5-12(13,2)3/h7H,4-6H2,1-3H3,(H,14,15). The molecule has 1 aromatic heterocycles.